The average molecular weight is 356 g/mol. The lowest BCUT2D eigenvalue weighted by atomic mass is 10.3. The summed E-state index contributed by atoms with van der Waals surface area (Å²) in [5.74, 6) is 0.887. The number of hydrogen-bond donors (Lipinski definition) is 1. The number of benzene rings is 1. The van der Waals surface area contributed by atoms with Crippen LogP contribution in [0.5, 0.6) is 0 Å². The molecule has 1 amide bonds. The third-order valence-electron chi connectivity index (χ3n) is 3.35. The fraction of sp³-hybridized carbons (Fsp3) is 0.125. The lowest BCUT2D eigenvalue weighted by Gasteiger charge is -1.98. The zero-order valence-electron chi connectivity index (χ0n) is 12.4. The SMILES string of the molecule is O=C(CCc1nc(-c2ccsc2)no1)Nc1nc2ccccc2s1. The second-order valence-electron chi connectivity index (χ2n) is 5.06. The fourth-order valence-electron chi connectivity index (χ4n) is 2.19. The van der Waals surface area contributed by atoms with E-state index < -0.39 is 0 Å². The van der Waals surface area contributed by atoms with Crippen LogP contribution in [0.15, 0.2) is 45.6 Å². The predicted octanol–water partition coefficient (Wildman–Crippen LogP) is 3.98. The molecule has 3 aromatic heterocycles. The number of hydrogen-bond acceptors (Lipinski definition) is 7. The summed E-state index contributed by atoms with van der Waals surface area (Å²) in [4.78, 5) is 20.7. The number of anilines is 1. The Kier molecular flexibility index (Phi) is 4.06. The number of carbonyl (C=O) groups is 1. The van der Waals surface area contributed by atoms with Gasteiger partial charge in [-0.3, -0.25) is 4.79 Å². The predicted molar refractivity (Wildman–Crippen MR) is 94.2 cm³/mol. The largest absolute Gasteiger partial charge is 0.339 e. The van der Waals surface area contributed by atoms with E-state index in [0.717, 1.165) is 15.8 Å². The molecule has 3 heterocycles. The van der Waals surface area contributed by atoms with Crippen LogP contribution >= 0.6 is 22.7 Å². The van der Waals surface area contributed by atoms with Crippen molar-refractivity contribution < 1.29 is 9.32 Å². The first-order chi connectivity index (χ1) is 11.8. The summed E-state index contributed by atoms with van der Waals surface area (Å²) in [6, 6.07) is 9.71. The standard InChI is InChI=1S/C16H12N4O2S2/c21-13(18-16-17-11-3-1-2-4-12(11)24-16)5-6-14-19-15(20-22-14)10-7-8-23-9-10/h1-4,7-9H,5-6H2,(H,17,18,21). The van der Waals surface area contributed by atoms with Crippen LogP contribution in [0.3, 0.4) is 0 Å². The topological polar surface area (TPSA) is 80.9 Å². The van der Waals surface area contributed by atoms with E-state index in [4.69, 9.17) is 4.52 Å². The van der Waals surface area contributed by atoms with Crippen LogP contribution in [0.2, 0.25) is 0 Å². The summed E-state index contributed by atoms with van der Waals surface area (Å²) < 4.78 is 6.23. The molecule has 0 atom stereocenters. The first-order valence-electron chi connectivity index (χ1n) is 7.28. The van der Waals surface area contributed by atoms with Crippen molar-refractivity contribution in [1.82, 2.24) is 15.1 Å². The van der Waals surface area contributed by atoms with E-state index in [2.05, 4.69) is 20.4 Å². The van der Waals surface area contributed by atoms with Gasteiger partial charge >= 0.3 is 0 Å². The van der Waals surface area contributed by atoms with Gasteiger partial charge in [-0.2, -0.15) is 16.3 Å². The maximum atomic E-state index is 12.1. The van der Waals surface area contributed by atoms with Crippen molar-refractivity contribution in [3.8, 4) is 11.4 Å². The second-order valence-corrected chi connectivity index (χ2v) is 6.87. The van der Waals surface area contributed by atoms with E-state index in [9.17, 15) is 4.79 Å². The van der Waals surface area contributed by atoms with Gasteiger partial charge in [-0.05, 0) is 23.6 Å². The maximum absolute atomic E-state index is 12.1. The minimum absolute atomic E-state index is 0.121. The van der Waals surface area contributed by atoms with Gasteiger partial charge in [0.25, 0.3) is 0 Å². The van der Waals surface area contributed by atoms with Crippen LogP contribution in [0.4, 0.5) is 5.13 Å². The molecule has 1 aromatic carbocycles. The Hall–Kier alpha value is -2.58. The molecule has 0 saturated heterocycles. The zero-order chi connectivity index (χ0) is 16.4. The van der Waals surface area contributed by atoms with Crippen LogP contribution < -0.4 is 5.32 Å². The van der Waals surface area contributed by atoms with E-state index in [1.54, 1.807) is 11.3 Å². The van der Waals surface area contributed by atoms with Gasteiger partial charge in [-0.25, -0.2) is 4.98 Å². The minimum atomic E-state index is -0.121. The average Bonchev–Trinajstić information content (AvgIpc) is 3.31. The molecule has 0 radical (unpaired) electrons. The highest BCUT2D eigenvalue weighted by molar-refractivity contribution is 7.22. The molecular weight excluding hydrogens is 344 g/mol. The van der Waals surface area contributed by atoms with Gasteiger partial charge < -0.3 is 9.84 Å². The number of aryl methyl sites for hydroxylation is 1. The molecule has 4 rings (SSSR count). The highest BCUT2D eigenvalue weighted by Gasteiger charge is 2.12. The summed E-state index contributed by atoms with van der Waals surface area (Å²) >= 11 is 3.03. The number of para-hydroxylation sites is 1. The van der Waals surface area contributed by atoms with Gasteiger partial charge in [0, 0.05) is 23.8 Å². The number of aromatic nitrogens is 3. The molecule has 0 aliphatic rings. The Morgan fingerprint density at radius 2 is 2.12 bits per heavy atom. The van der Waals surface area contributed by atoms with Gasteiger partial charge in [-0.15, -0.1) is 0 Å². The minimum Gasteiger partial charge on any atom is -0.339 e. The Morgan fingerprint density at radius 1 is 1.21 bits per heavy atom. The van der Waals surface area contributed by atoms with E-state index in [-0.39, 0.29) is 12.3 Å². The maximum Gasteiger partial charge on any atom is 0.227 e. The molecule has 120 valence electrons. The highest BCUT2D eigenvalue weighted by atomic mass is 32.1. The van der Waals surface area contributed by atoms with Crippen LogP contribution in [0.1, 0.15) is 12.3 Å². The molecule has 0 fully saturated rings. The summed E-state index contributed by atoms with van der Waals surface area (Å²) in [7, 11) is 0. The van der Waals surface area contributed by atoms with E-state index in [1.165, 1.54) is 11.3 Å². The van der Waals surface area contributed by atoms with Gasteiger partial charge in [0.2, 0.25) is 17.6 Å². The lowest BCUT2D eigenvalue weighted by molar-refractivity contribution is -0.116. The normalized spacial score (nSPS) is 11.0. The van der Waals surface area contributed by atoms with Crippen molar-refractivity contribution in [2.24, 2.45) is 0 Å². The number of thiophene rings is 1. The summed E-state index contributed by atoms with van der Waals surface area (Å²) in [6.07, 6.45) is 0.662. The van der Waals surface area contributed by atoms with Crippen molar-refractivity contribution >= 4 is 43.9 Å². The lowest BCUT2D eigenvalue weighted by Crippen LogP contribution is -2.12. The van der Waals surface area contributed by atoms with Crippen LogP contribution in [-0.2, 0) is 11.2 Å². The van der Waals surface area contributed by atoms with E-state index in [0.29, 0.717) is 23.3 Å². The first-order valence-corrected chi connectivity index (χ1v) is 9.04. The molecule has 0 aliphatic heterocycles. The van der Waals surface area contributed by atoms with Crippen molar-refractivity contribution in [2.75, 3.05) is 5.32 Å². The van der Waals surface area contributed by atoms with Crippen molar-refractivity contribution in [3.63, 3.8) is 0 Å². The molecule has 0 spiro atoms. The molecule has 8 heteroatoms. The number of nitrogens with one attached hydrogen (secondary N) is 1. The number of rotatable bonds is 5. The van der Waals surface area contributed by atoms with Gasteiger partial charge in [0.15, 0.2) is 5.13 Å². The van der Waals surface area contributed by atoms with Gasteiger partial charge in [0.05, 0.1) is 10.2 Å². The number of amides is 1. The van der Waals surface area contributed by atoms with Crippen LogP contribution in [-0.4, -0.2) is 21.0 Å². The van der Waals surface area contributed by atoms with Crippen molar-refractivity contribution in [1.29, 1.82) is 0 Å². The molecule has 0 bridgehead atoms. The highest BCUT2D eigenvalue weighted by Crippen LogP contribution is 2.25. The number of carbonyl (C=O) groups excluding carboxylic acids is 1. The van der Waals surface area contributed by atoms with E-state index >= 15 is 0 Å². The Morgan fingerprint density at radius 3 is 2.96 bits per heavy atom. The first kappa shape index (κ1) is 15.0. The second kappa shape index (κ2) is 6.50. The molecule has 24 heavy (non-hydrogen) atoms. The Labute approximate surface area is 145 Å². The van der Waals surface area contributed by atoms with Crippen LogP contribution in [0.25, 0.3) is 21.6 Å². The Bertz CT molecular complexity index is 942. The molecular formula is C16H12N4O2S2. The van der Waals surface area contributed by atoms with Gasteiger partial charge in [-0.1, -0.05) is 28.6 Å². The summed E-state index contributed by atoms with van der Waals surface area (Å²) in [5, 5.41) is 11.3. The number of fused-ring (bicyclic) bond motifs is 1. The third kappa shape index (κ3) is 3.19. The fourth-order valence-corrected chi connectivity index (χ4v) is 3.71. The quantitative estimate of drug-likeness (QED) is 0.585. The van der Waals surface area contributed by atoms with Crippen molar-refractivity contribution in [2.45, 2.75) is 12.8 Å². The molecule has 1 N–H and O–H groups in total. The van der Waals surface area contributed by atoms with Gasteiger partial charge in [0.1, 0.15) is 0 Å². The Balaban J connectivity index is 1.36. The number of thiazole rings is 1. The molecule has 0 aliphatic carbocycles. The smallest absolute Gasteiger partial charge is 0.227 e. The monoisotopic (exact) mass is 356 g/mol. The molecule has 4 aromatic rings. The van der Waals surface area contributed by atoms with E-state index in [1.807, 2.05) is 41.1 Å². The number of nitrogens with zero attached hydrogens (tertiary/aromatic N) is 3. The summed E-state index contributed by atoms with van der Waals surface area (Å²) in [5.41, 5.74) is 1.81. The third-order valence-corrected chi connectivity index (χ3v) is 4.99. The molecule has 0 unspecified atom stereocenters. The zero-order valence-corrected chi connectivity index (χ0v) is 14.1. The van der Waals surface area contributed by atoms with Crippen molar-refractivity contribution in [3.05, 3.63) is 47.0 Å². The van der Waals surface area contributed by atoms with Crippen LogP contribution in [0, 0.1) is 0 Å². The molecule has 6 nitrogen and oxygen atoms in total. The molecule has 0 saturated carbocycles. The summed E-state index contributed by atoms with van der Waals surface area (Å²) in [6.45, 7) is 0.